The summed E-state index contributed by atoms with van der Waals surface area (Å²) in [6.07, 6.45) is -0.560. The zero-order valence-electron chi connectivity index (χ0n) is 11.2. The Morgan fingerprint density at radius 1 is 1.57 bits per heavy atom. The number of benzene rings is 1. The highest BCUT2D eigenvalue weighted by atomic mass is 35.5. The standard InChI is InChI=1S/C13H13ClN4O2S/c1-15-13(19)11-7-18(6-8-12(14)21-17-16-8)9-4-2-3-5-10(9)20-11/h2-5,11H,6-7H2,1H3,(H,15,19)/t11-/m0/s1. The van der Waals surface area contributed by atoms with Gasteiger partial charge in [0.1, 0.15) is 15.8 Å². The molecule has 1 aliphatic heterocycles. The highest BCUT2D eigenvalue weighted by Crippen LogP contribution is 2.34. The first-order chi connectivity index (χ1) is 10.2. The van der Waals surface area contributed by atoms with E-state index in [-0.39, 0.29) is 5.91 Å². The Morgan fingerprint density at radius 2 is 2.38 bits per heavy atom. The second-order valence-electron chi connectivity index (χ2n) is 4.56. The van der Waals surface area contributed by atoms with Crippen molar-refractivity contribution in [2.24, 2.45) is 0 Å². The summed E-state index contributed by atoms with van der Waals surface area (Å²) >= 11 is 7.22. The van der Waals surface area contributed by atoms with Crippen LogP contribution in [0.1, 0.15) is 5.69 Å². The van der Waals surface area contributed by atoms with E-state index < -0.39 is 6.10 Å². The van der Waals surface area contributed by atoms with Crippen LogP contribution in [0.4, 0.5) is 5.69 Å². The maximum absolute atomic E-state index is 11.9. The molecule has 0 aliphatic carbocycles. The molecule has 1 aromatic heterocycles. The molecule has 6 nitrogen and oxygen atoms in total. The van der Waals surface area contributed by atoms with Crippen molar-refractivity contribution in [2.45, 2.75) is 12.6 Å². The molecule has 0 radical (unpaired) electrons. The summed E-state index contributed by atoms with van der Waals surface area (Å²) in [7, 11) is 1.60. The van der Waals surface area contributed by atoms with E-state index in [9.17, 15) is 4.79 Å². The minimum absolute atomic E-state index is 0.156. The number of amides is 1. The van der Waals surface area contributed by atoms with Crippen molar-refractivity contribution in [3.05, 3.63) is 34.3 Å². The fourth-order valence-electron chi connectivity index (χ4n) is 2.23. The number of nitrogens with zero attached hydrogens (tertiary/aromatic N) is 3. The Hall–Kier alpha value is -1.86. The topological polar surface area (TPSA) is 67.4 Å². The van der Waals surface area contributed by atoms with Gasteiger partial charge >= 0.3 is 0 Å². The lowest BCUT2D eigenvalue weighted by molar-refractivity contribution is -0.127. The molecule has 0 unspecified atom stereocenters. The molecule has 0 bridgehead atoms. The number of hydrogen-bond donors (Lipinski definition) is 1. The molecule has 0 spiro atoms. The van der Waals surface area contributed by atoms with Crippen LogP contribution >= 0.6 is 23.1 Å². The Bertz CT molecular complexity index is 663. The van der Waals surface area contributed by atoms with E-state index in [2.05, 4.69) is 14.9 Å². The van der Waals surface area contributed by atoms with E-state index in [1.807, 2.05) is 29.2 Å². The second kappa shape index (κ2) is 5.87. The molecule has 1 atom stereocenters. The zero-order chi connectivity index (χ0) is 14.8. The third-order valence-corrected chi connectivity index (χ3v) is 4.23. The van der Waals surface area contributed by atoms with Crippen LogP contribution in [-0.4, -0.2) is 35.2 Å². The van der Waals surface area contributed by atoms with E-state index in [4.69, 9.17) is 16.3 Å². The Kier molecular flexibility index (Phi) is 3.94. The van der Waals surface area contributed by atoms with Gasteiger partial charge in [0.2, 0.25) is 0 Å². The van der Waals surface area contributed by atoms with Crippen molar-refractivity contribution in [3.8, 4) is 5.75 Å². The maximum atomic E-state index is 11.9. The number of nitrogens with one attached hydrogen (secondary N) is 1. The Labute approximate surface area is 130 Å². The molecular formula is C13H13ClN4O2S. The maximum Gasteiger partial charge on any atom is 0.262 e. The lowest BCUT2D eigenvalue weighted by Crippen LogP contribution is -2.48. The number of para-hydroxylation sites is 2. The van der Waals surface area contributed by atoms with Gasteiger partial charge in [-0.05, 0) is 12.1 Å². The summed E-state index contributed by atoms with van der Waals surface area (Å²) in [4.78, 5) is 13.9. The predicted octanol–water partition coefficient (Wildman–Crippen LogP) is 1.71. The largest absolute Gasteiger partial charge is 0.477 e. The monoisotopic (exact) mass is 324 g/mol. The first kappa shape index (κ1) is 14.1. The summed E-state index contributed by atoms with van der Waals surface area (Å²) in [6, 6.07) is 7.60. The Balaban J connectivity index is 1.90. The first-order valence-corrected chi connectivity index (χ1v) is 7.53. The molecule has 1 aromatic carbocycles. The molecule has 3 rings (SSSR count). The fraction of sp³-hybridized carbons (Fsp3) is 0.308. The smallest absolute Gasteiger partial charge is 0.262 e. The second-order valence-corrected chi connectivity index (χ2v) is 5.92. The molecule has 1 aliphatic rings. The number of fused-ring (bicyclic) bond motifs is 1. The summed E-state index contributed by atoms with van der Waals surface area (Å²) in [5, 5.41) is 6.64. The van der Waals surface area contributed by atoms with Crippen LogP contribution in [0.15, 0.2) is 24.3 Å². The molecule has 0 saturated carbocycles. The van der Waals surface area contributed by atoms with Gasteiger partial charge in [-0.3, -0.25) is 4.79 Å². The van der Waals surface area contributed by atoms with Crippen LogP contribution in [0, 0.1) is 0 Å². The van der Waals surface area contributed by atoms with Gasteiger partial charge in [-0.2, -0.15) is 0 Å². The number of rotatable bonds is 3. The number of likely N-dealkylation sites (N-methyl/N-ethyl adjacent to an activating group) is 1. The third-order valence-electron chi connectivity index (χ3n) is 3.25. The van der Waals surface area contributed by atoms with E-state index >= 15 is 0 Å². The van der Waals surface area contributed by atoms with Gasteiger partial charge in [0, 0.05) is 18.6 Å². The van der Waals surface area contributed by atoms with Gasteiger partial charge < -0.3 is 15.0 Å². The van der Waals surface area contributed by atoms with Crippen LogP contribution in [0.25, 0.3) is 0 Å². The van der Waals surface area contributed by atoms with Crippen molar-refractivity contribution in [2.75, 3.05) is 18.5 Å². The van der Waals surface area contributed by atoms with Gasteiger partial charge in [0.15, 0.2) is 6.10 Å². The number of aromatic nitrogens is 2. The summed E-state index contributed by atoms with van der Waals surface area (Å²) in [5.41, 5.74) is 1.62. The molecular weight excluding hydrogens is 312 g/mol. The number of hydrogen-bond acceptors (Lipinski definition) is 6. The number of carbonyl (C=O) groups is 1. The number of ether oxygens (including phenoxy) is 1. The van der Waals surface area contributed by atoms with Crippen LogP contribution < -0.4 is 15.0 Å². The van der Waals surface area contributed by atoms with Gasteiger partial charge in [-0.1, -0.05) is 28.2 Å². The van der Waals surface area contributed by atoms with Crippen molar-refractivity contribution in [3.63, 3.8) is 0 Å². The lowest BCUT2D eigenvalue weighted by Gasteiger charge is -2.35. The van der Waals surface area contributed by atoms with Crippen LogP contribution in [-0.2, 0) is 11.3 Å². The fourth-order valence-corrected chi connectivity index (χ4v) is 2.84. The highest BCUT2D eigenvalue weighted by Gasteiger charge is 2.30. The van der Waals surface area contributed by atoms with Crippen LogP contribution in [0.3, 0.4) is 0 Å². The SMILES string of the molecule is CNC(=O)[C@@H]1CN(Cc2nnsc2Cl)c2ccccc2O1. The Morgan fingerprint density at radius 3 is 3.10 bits per heavy atom. The molecule has 2 heterocycles. The summed E-state index contributed by atoms with van der Waals surface area (Å²) < 4.78 is 10.1. The van der Waals surface area contributed by atoms with Gasteiger partial charge in [0.25, 0.3) is 5.91 Å². The number of anilines is 1. The summed E-state index contributed by atoms with van der Waals surface area (Å²) in [6.45, 7) is 0.924. The average molecular weight is 325 g/mol. The third kappa shape index (κ3) is 2.79. The van der Waals surface area contributed by atoms with Crippen molar-refractivity contribution in [1.29, 1.82) is 0 Å². The molecule has 21 heavy (non-hydrogen) atoms. The molecule has 0 fully saturated rings. The molecule has 1 N–H and O–H groups in total. The molecule has 8 heteroatoms. The molecule has 0 saturated heterocycles. The van der Waals surface area contributed by atoms with Gasteiger partial charge in [-0.15, -0.1) is 5.10 Å². The van der Waals surface area contributed by atoms with Crippen molar-refractivity contribution < 1.29 is 9.53 Å². The van der Waals surface area contributed by atoms with E-state index in [1.165, 1.54) is 0 Å². The lowest BCUT2D eigenvalue weighted by atomic mass is 10.1. The van der Waals surface area contributed by atoms with E-state index in [0.29, 0.717) is 28.9 Å². The van der Waals surface area contributed by atoms with Gasteiger partial charge in [0.05, 0.1) is 18.8 Å². The quantitative estimate of drug-likeness (QED) is 0.931. The van der Waals surface area contributed by atoms with Crippen LogP contribution in [0.2, 0.25) is 4.34 Å². The molecule has 110 valence electrons. The number of carbonyl (C=O) groups excluding carboxylic acids is 1. The predicted molar refractivity (Wildman–Crippen MR) is 80.9 cm³/mol. The van der Waals surface area contributed by atoms with Gasteiger partial charge in [-0.25, -0.2) is 0 Å². The minimum atomic E-state index is -0.560. The van der Waals surface area contributed by atoms with E-state index in [0.717, 1.165) is 17.2 Å². The zero-order valence-corrected chi connectivity index (χ0v) is 12.8. The molecule has 1 amide bonds. The first-order valence-electron chi connectivity index (χ1n) is 6.38. The van der Waals surface area contributed by atoms with Crippen molar-refractivity contribution in [1.82, 2.24) is 14.9 Å². The number of halogens is 1. The normalized spacial score (nSPS) is 17.0. The average Bonchev–Trinajstić information content (AvgIpc) is 2.91. The van der Waals surface area contributed by atoms with Crippen LogP contribution in [0.5, 0.6) is 5.75 Å². The highest BCUT2D eigenvalue weighted by molar-refractivity contribution is 7.10. The minimum Gasteiger partial charge on any atom is -0.477 e. The van der Waals surface area contributed by atoms with Crippen molar-refractivity contribution >= 4 is 34.7 Å². The van der Waals surface area contributed by atoms with E-state index in [1.54, 1.807) is 7.05 Å². The summed E-state index contributed by atoms with van der Waals surface area (Å²) in [5.74, 6) is 0.522. The molecule has 2 aromatic rings.